The molecular formula is C13H19Cl2NO. The zero-order valence-corrected chi connectivity index (χ0v) is 11.7. The van der Waals surface area contributed by atoms with Crippen molar-refractivity contribution in [3.63, 3.8) is 0 Å². The Morgan fingerprint density at radius 2 is 1.71 bits per heavy atom. The van der Waals surface area contributed by atoms with E-state index in [1.807, 2.05) is 0 Å². The lowest BCUT2D eigenvalue weighted by atomic mass is 9.88. The summed E-state index contributed by atoms with van der Waals surface area (Å²) in [5.41, 5.74) is 6.44. The standard InChI is InChI=1S/C13H19Cl2NO/c1-8(2)3-10(7-16)13(17)9-4-11(14)6-12(15)5-9/h4-6,8,10,13,17H,3,7,16H2,1-2H3. The largest absolute Gasteiger partial charge is 0.388 e. The quantitative estimate of drug-likeness (QED) is 0.862. The van der Waals surface area contributed by atoms with Crippen molar-refractivity contribution in [1.82, 2.24) is 0 Å². The fraction of sp³-hybridized carbons (Fsp3) is 0.538. The first-order chi connectivity index (χ1) is 7.93. The predicted molar refractivity (Wildman–Crippen MR) is 73.4 cm³/mol. The van der Waals surface area contributed by atoms with E-state index in [1.165, 1.54) is 0 Å². The van der Waals surface area contributed by atoms with E-state index in [1.54, 1.807) is 18.2 Å². The zero-order chi connectivity index (χ0) is 13.0. The number of benzene rings is 1. The number of hydrogen-bond donors (Lipinski definition) is 2. The summed E-state index contributed by atoms with van der Waals surface area (Å²) in [7, 11) is 0. The summed E-state index contributed by atoms with van der Waals surface area (Å²) in [6.07, 6.45) is 0.264. The first-order valence-corrected chi connectivity index (χ1v) is 6.53. The van der Waals surface area contributed by atoms with Gasteiger partial charge in [0.05, 0.1) is 6.10 Å². The highest BCUT2D eigenvalue weighted by atomic mass is 35.5. The van der Waals surface area contributed by atoms with Gasteiger partial charge >= 0.3 is 0 Å². The molecule has 0 bridgehead atoms. The lowest BCUT2D eigenvalue weighted by Gasteiger charge is -2.23. The van der Waals surface area contributed by atoms with E-state index in [4.69, 9.17) is 28.9 Å². The van der Waals surface area contributed by atoms with Crippen LogP contribution in [0.4, 0.5) is 0 Å². The van der Waals surface area contributed by atoms with Crippen LogP contribution in [0.1, 0.15) is 31.9 Å². The third-order valence-electron chi connectivity index (χ3n) is 2.75. The summed E-state index contributed by atoms with van der Waals surface area (Å²) in [6, 6.07) is 5.13. The van der Waals surface area contributed by atoms with Gasteiger partial charge in [0.15, 0.2) is 0 Å². The average molecular weight is 276 g/mol. The van der Waals surface area contributed by atoms with Gasteiger partial charge in [0.2, 0.25) is 0 Å². The molecule has 1 rings (SSSR count). The summed E-state index contributed by atoms with van der Waals surface area (Å²) in [6.45, 7) is 4.67. The van der Waals surface area contributed by atoms with Crippen molar-refractivity contribution >= 4 is 23.2 Å². The molecule has 2 atom stereocenters. The molecule has 96 valence electrons. The van der Waals surface area contributed by atoms with Crippen molar-refractivity contribution in [1.29, 1.82) is 0 Å². The Hall–Kier alpha value is -0.280. The van der Waals surface area contributed by atoms with Gasteiger partial charge in [0.25, 0.3) is 0 Å². The summed E-state index contributed by atoms with van der Waals surface area (Å²) in [5.74, 6) is 0.525. The van der Waals surface area contributed by atoms with Gasteiger partial charge in [-0.15, -0.1) is 0 Å². The van der Waals surface area contributed by atoms with Crippen molar-refractivity contribution in [3.8, 4) is 0 Å². The van der Waals surface area contributed by atoms with Crippen molar-refractivity contribution in [3.05, 3.63) is 33.8 Å². The van der Waals surface area contributed by atoms with Gasteiger partial charge in [0, 0.05) is 16.0 Å². The number of nitrogens with two attached hydrogens (primary N) is 1. The molecule has 0 aromatic heterocycles. The predicted octanol–water partition coefficient (Wildman–Crippen LogP) is 3.65. The van der Waals surface area contributed by atoms with Crippen LogP contribution in [0.5, 0.6) is 0 Å². The van der Waals surface area contributed by atoms with Crippen LogP contribution in [-0.2, 0) is 0 Å². The first kappa shape index (κ1) is 14.8. The van der Waals surface area contributed by atoms with Crippen LogP contribution < -0.4 is 5.73 Å². The zero-order valence-electron chi connectivity index (χ0n) is 10.2. The second-order valence-electron chi connectivity index (χ2n) is 4.77. The molecule has 1 aromatic carbocycles. The molecule has 3 N–H and O–H groups in total. The molecule has 4 heteroatoms. The molecule has 0 aliphatic rings. The Bertz CT molecular complexity index is 348. The van der Waals surface area contributed by atoms with Crippen LogP contribution in [-0.4, -0.2) is 11.7 Å². The second-order valence-corrected chi connectivity index (χ2v) is 5.65. The Labute approximate surface area is 113 Å². The highest BCUT2D eigenvalue weighted by molar-refractivity contribution is 6.34. The van der Waals surface area contributed by atoms with Crippen molar-refractivity contribution in [2.24, 2.45) is 17.6 Å². The molecule has 0 aliphatic carbocycles. The van der Waals surface area contributed by atoms with E-state index in [0.717, 1.165) is 12.0 Å². The topological polar surface area (TPSA) is 46.2 Å². The van der Waals surface area contributed by atoms with Crippen molar-refractivity contribution in [2.75, 3.05) is 6.54 Å². The van der Waals surface area contributed by atoms with Crippen molar-refractivity contribution in [2.45, 2.75) is 26.4 Å². The molecule has 0 spiro atoms. The van der Waals surface area contributed by atoms with E-state index in [-0.39, 0.29) is 5.92 Å². The molecule has 0 heterocycles. The highest BCUT2D eigenvalue weighted by Crippen LogP contribution is 2.30. The van der Waals surface area contributed by atoms with Crippen LogP contribution >= 0.6 is 23.2 Å². The normalized spacial score (nSPS) is 15.0. The summed E-state index contributed by atoms with van der Waals surface area (Å²) in [4.78, 5) is 0. The van der Waals surface area contributed by atoms with Gasteiger partial charge in [-0.2, -0.15) is 0 Å². The minimum atomic E-state index is -0.612. The van der Waals surface area contributed by atoms with Crippen molar-refractivity contribution < 1.29 is 5.11 Å². The maximum Gasteiger partial charge on any atom is 0.0831 e. The number of halogens is 2. The Balaban J connectivity index is 2.89. The molecule has 0 aliphatic heterocycles. The van der Waals surface area contributed by atoms with Gasteiger partial charge in [-0.25, -0.2) is 0 Å². The lowest BCUT2D eigenvalue weighted by molar-refractivity contribution is 0.0995. The molecule has 17 heavy (non-hydrogen) atoms. The van der Waals surface area contributed by atoms with E-state index in [9.17, 15) is 5.11 Å². The van der Waals surface area contributed by atoms with E-state index >= 15 is 0 Å². The molecule has 2 unspecified atom stereocenters. The number of rotatable bonds is 5. The van der Waals surface area contributed by atoms with E-state index in [0.29, 0.717) is 22.5 Å². The van der Waals surface area contributed by atoms with Crippen LogP contribution in [0.15, 0.2) is 18.2 Å². The lowest BCUT2D eigenvalue weighted by Crippen LogP contribution is -2.23. The molecule has 1 aromatic rings. The van der Waals surface area contributed by atoms with Gasteiger partial charge in [0.1, 0.15) is 0 Å². The first-order valence-electron chi connectivity index (χ1n) is 5.78. The summed E-state index contributed by atoms with van der Waals surface area (Å²) in [5, 5.41) is 11.3. The molecule has 0 saturated heterocycles. The summed E-state index contributed by atoms with van der Waals surface area (Å²) < 4.78 is 0. The highest BCUT2D eigenvalue weighted by Gasteiger charge is 2.21. The Kier molecular flexibility index (Phi) is 5.74. The molecular weight excluding hydrogens is 257 g/mol. The van der Waals surface area contributed by atoms with Gasteiger partial charge < -0.3 is 10.8 Å². The Morgan fingerprint density at radius 3 is 2.12 bits per heavy atom. The average Bonchev–Trinajstić information content (AvgIpc) is 2.23. The molecule has 0 saturated carbocycles. The third kappa shape index (κ3) is 4.47. The smallest absolute Gasteiger partial charge is 0.0831 e. The maximum absolute atomic E-state index is 10.3. The minimum absolute atomic E-state index is 0.0320. The molecule has 0 fully saturated rings. The van der Waals surface area contributed by atoms with Crippen LogP contribution in [0.2, 0.25) is 10.0 Å². The fourth-order valence-corrected chi connectivity index (χ4v) is 2.52. The van der Waals surface area contributed by atoms with E-state index in [2.05, 4.69) is 13.8 Å². The van der Waals surface area contributed by atoms with Gasteiger partial charge in [-0.1, -0.05) is 37.0 Å². The van der Waals surface area contributed by atoms with Gasteiger partial charge in [-0.3, -0.25) is 0 Å². The van der Waals surface area contributed by atoms with Crippen LogP contribution in [0.3, 0.4) is 0 Å². The fourth-order valence-electron chi connectivity index (χ4n) is 1.98. The Morgan fingerprint density at radius 1 is 1.18 bits per heavy atom. The van der Waals surface area contributed by atoms with Crippen LogP contribution in [0.25, 0.3) is 0 Å². The SMILES string of the molecule is CC(C)CC(CN)C(O)c1cc(Cl)cc(Cl)c1. The molecule has 0 amide bonds. The monoisotopic (exact) mass is 275 g/mol. The van der Waals surface area contributed by atoms with Crippen LogP contribution in [0, 0.1) is 11.8 Å². The number of aliphatic hydroxyl groups is 1. The number of aliphatic hydroxyl groups excluding tert-OH is 1. The molecule has 2 nitrogen and oxygen atoms in total. The van der Waals surface area contributed by atoms with E-state index < -0.39 is 6.10 Å². The molecule has 0 radical (unpaired) electrons. The summed E-state index contributed by atoms with van der Waals surface area (Å²) >= 11 is 11.8. The third-order valence-corrected chi connectivity index (χ3v) is 3.19. The maximum atomic E-state index is 10.3. The minimum Gasteiger partial charge on any atom is -0.388 e. The van der Waals surface area contributed by atoms with Gasteiger partial charge in [-0.05, 0) is 42.6 Å². The number of hydrogen-bond acceptors (Lipinski definition) is 2. The second kappa shape index (κ2) is 6.60.